The van der Waals surface area contributed by atoms with Gasteiger partial charge < -0.3 is 15.2 Å². The molecule has 7 heteroatoms. The van der Waals surface area contributed by atoms with Crippen LogP contribution in [0.4, 0.5) is 15.8 Å². The van der Waals surface area contributed by atoms with Gasteiger partial charge >= 0.3 is 0 Å². The maximum absolute atomic E-state index is 13.6. The van der Waals surface area contributed by atoms with Crippen LogP contribution in [0, 0.1) is 5.82 Å². The van der Waals surface area contributed by atoms with Gasteiger partial charge in [0, 0.05) is 19.0 Å². The molecule has 0 fully saturated rings. The summed E-state index contributed by atoms with van der Waals surface area (Å²) in [7, 11) is 0. The van der Waals surface area contributed by atoms with Gasteiger partial charge in [-0.1, -0.05) is 12.1 Å². The van der Waals surface area contributed by atoms with Gasteiger partial charge in [0.15, 0.2) is 5.82 Å². The molecule has 0 saturated heterocycles. The van der Waals surface area contributed by atoms with Gasteiger partial charge in [-0.15, -0.1) is 0 Å². The van der Waals surface area contributed by atoms with Crippen LogP contribution in [0.2, 0.25) is 0 Å². The zero-order chi connectivity index (χ0) is 14.5. The third-order valence-electron chi connectivity index (χ3n) is 2.54. The second-order valence-corrected chi connectivity index (χ2v) is 4.19. The molecule has 1 heterocycles. The van der Waals surface area contributed by atoms with Crippen molar-refractivity contribution in [1.29, 1.82) is 0 Å². The Balaban J connectivity index is 2.06. The Hall–Kier alpha value is -2.44. The van der Waals surface area contributed by atoms with Crippen LogP contribution in [0.15, 0.2) is 22.7 Å². The number of hydrogen-bond donors (Lipinski definition) is 2. The molecule has 106 valence electrons. The average molecular weight is 278 g/mol. The summed E-state index contributed by atoms with van der Waals surface area (Å²) in [6.07, 6.45) is 0.676. The Labute approximate surface area is 115 Å². The molecule has 0 spiro atoms. The number of carbonyl (C=O) groups excluding carboxylic acids is 1. The quantitative estimate of drug-likeness (QED) is 0.877. The minimum atomic E-state index is -0.422. The third-order valence-corrected chi connectivity index (χ3v) is 2.54. The molecule has 0 aliphatic rings. The number of aryl methyl sites for hydroxylation is 1. The molecule has 1 amide bonds. The van der Waals surface area contributed by atoms with E-state index in [9.17, 15) is 9.18 Å². The lowest BCUT2D eigenvalue weighted by atomic mass is 10.2. The maximum Gasteiger partial charge on any atom is 0.245 e. The van der Waals surface area contributed by atoms with E-state index < -0.39 is 5.82 Å². The Kier molecular flexibility index (Phi) is 4.29. The van der Waals surface area contributed by atoms with Crippen LogP contribution in [-0.4, -0.2) is 16.0 Å². The summed E-state index contributed by atoms with van der Waals surface area (Å²) in [6, 6.07) is 4.27. The first-order chi connectivity index (χ1) is 9.58. The summed E-state index contributed by atoms with van der Waals surface area (Å²) in [5, 5.41) is 9.19. The number of amides is 1. The summed E-state index contributed by atoms with van der Waals surface area (Å²) in [6.45, 7) is 3.52. The number of nitrogens with one attached hydrogen (secondary N) is 2. The Morgan fingerprint density at radius 1 is 1.45 bits per heavy atom. The van der Waals surface area contributed by atoms with Crippen LogP contribution in [0.25, 0.3) is 0 Å². The van der Waals surface area contributed by atoms with Gasteiger partial charge in [0.1, 0.15) is 5.82 Å². The molecule has 2 aromatic rings. The van der Waals surface area contributed by atoms with Crippen molar-refractivity contribution in [1.82, 2.24) is 10.1 Å². The lowest BCUT2D eigenvalue weighted by Crippen LogP contribution is -2.07. The first-order valence-corrected chi connectivity index (χ1v) is 6.21. The first kappa shape index (κ1) is 14.0. The van der Waals surface area contributed by atoms with E-state index >= 15 is 0 Å². The predicted molar refractivity (Wildman–Crippen MR) is 71.7 cm³/mol. The minimum Gasteiger partial charge on any atom is -0.374 e. The summed E-state index contributed by atoms with van der Waals surface area (Å²) < 4.78 is 18.6. The molecule has 0 bridgehead atoms. The molecule has 0 aliphatic heterocycles. The third kappa shape index (κ3) is 3.53. The number of halogens is 1. The number of rotatable bonds is 5. The fourth-order valence-corrected chi connectivity index (χ4v) is 1.62. The van der Waals surface area contributed by atoms with E-state index in [1.165, 1.54) is 25.1 Å². The van der Waals surface area contributed by atoms with Gasteiger partial charge in [-0.3, -0.25) is 4.79 Å². The van der Waals surface area contributed by atoms with E-state index in [-0.39, 0.29) is 18.1 Å². The molecule has 6 nitrogen and oxygen atoms in total. The highest BCUT2D eigenvalue weighted by Gasteiger charge is 2.08. The predicted octanol–water partition coefficient (Wildman–Crippen LogP) is 2.34. The van der Waals surface area contributed by atoms with Crippen molar-refractivity contribution in [2.75, 3.05) is 10.6 Å². The molecular formula is C13H15FN4O2. The smallest absolute Gasteiger partial charge is 0.245 e. The summed E-state index contributed by atoms with van der Waals surface area (Å²) in [4.78, 5) is 15.1. The van der Waals surface area contributed by atoms with Crippen molar-refractivity contribution < 1.29 is 13.7 Å². The van der Waals surface area contributed by atoms with E-state index in [2.05, 4.69) is 20.8 Å². The van der Waals surface area contributed by atoms with Gasteiger partial charge in [0.2, 0.25) is 11.8 Å². The van der Waals surface area contributed by atoms with E-state index in [0.29, 0.717) is 23.8 Å². The molecule has 1 aromatic heterocycles. The zero-order valence-electron chi connectivity index (χ0n) is 11.2. The molecule has 1 aromatic carbocycles. The minimum absolute atomic E-state index is 0.216. The topological polar surface area (TPSA) is 80.0 Å². The molecule has 0 atom stereocenters. The van der Waals surface area contributed by atoms with E-state index in [4.69, 9.17) is 4.52 Å². The molecule has 2 N–H and O–H groups in total. The largest absolute Gasteiger partial charge is 0.374 e. The van der Waals surface area contributed by atoms with Crippen LogP contribution in [0.5, 0.6) is 0 Å². The lowest BCUT2D eigenvalue weighted by molar-refractivity contribution is -0.114. The number of nitrogens with zero attached hydrogens (tertiary/aromatic N) is 2. The van der Waals surface area contributed by atoms with Crippen molar-refractivity contribution in [2.24, 2.45) is 0 Å². The van der Waals surface area contributed by atoms with Crippen molar-refractivity contribution in [3.8, 4) is 0 Å². The Bertz CT molecular complexity index is 612. The van der Waals surface area contributed by atoms with E-state index in [1.807, 2.05) is 6.92 Å². The number of aromatic nitrogens is 2. The van der Waals surface area contributed by atoms with Crippen molar-refractivity contribution in [3.63, 3.8) is 0 Å². The van der Waals surface area contributed by atoms with Crippen LogP contribution in [-0.2, 0) is 17.8 Å². The molecule has 0 radical (unpaired) electrons. The fourth-order valence-electron chi connectivity index (χ4n) is 1.62. The standard InChI is InChI=1S/C13H15FN4O2/c1-3-12-17-13(20-18-12)7-15-11-6-9(16-8(2)19)4-5-10(11)14/h4-6,15H,3,7H2,1-2H3,(H,16,19). The molecular weight excluding hydrogens is 263 g/mol. The van der Waals surface area contributed by atoms with E-state index in [1.54, 1.807) is 0 Å². The second kappa shape index (κ2) is 6.14. The summed E-state index contributed by atoms with van der Waals surface area (Å²) in [5.74, 6) is 0.349. The van der Waals surface area contributed by atoms with Gasteiger partial charge in [-0.2, -0.15) is 4.98 Å². The van der Waals surface area contributed by atoms with Crippen molar-refractivity contribution in [2.45, 2.75) is 26.8 Å². The van der Waals surface area contributed by atoms with Gasteiger partial charge in [0.05, 0.1) is 12.2 Å². The van der Waals surface area contributed by atoms with Crippen molar-refractivity contribution >= 4 is 17.3 Å². The number of benzene rings is 1. The molecule has 0 aliphatic carbocycles. The number of anilines is 2. The molecule has 0 saturated carbocycles. The number of hydrogen-bond acceptors (Lipinski definition) is 5. The maximum atomic E-state index is 13.6. The highest BCUT2D eigenvalue weighted by molar-refractivity contribution is 5.89. The van der Waals surface area contributed by atoms with Crippen LogP contribution >= 0.6 is 0 Å². The van der Waals surface area contributed by atoms with Crippen LogP contribution in [0.1, 0.15) is 25.6 Å². The zero-order valence-corrected chi connectivity index (χ0v) is 11.2. The normalized spacial score (nSPS) is 10.3. The summed E-state index contributed by atoms with van der Waals surface area (Å²) in [5.41, 5.74) is 0.772. The highest BCUT2D eigenvalue weighted by atomic mass is 19.1. The lowest BCUT2D eigenvalue weighted by Gasteiger charge is -2.08. The molecule has 2 rings (SSSR count). The first-order valence-electron chi connectivity index (χ1n) is 6.21. The van der Waals surface area contributed by atoms with Crippen LogP contribution < -0.4 is 10.6 Å². The second-order valence-electron chi connectivity index (χ2n) is 4.19. The highest BCUT2D eigenvalue weighted by Crippen LogP contribution is 2.20. The van der Waals surface area contributed by atoms with Gasteiger partial charge in [0.25, 0.3) is 0 Å². The monoisotopic (exact) mass is 278 g/mol. The average Bonchev–Trinajstić information content (AvgIpc) is 2.87. The summed E-state index contributed by atoms with van der Waals surface area (Å²) >= 11 is 0. The number of carbonyl (C=O) groups is 1. The molecule has 0 unspecified atom stereocenters. The fraction of sp³-hybridized carbons (Fsp3) is 0.308. The van der Waals surface area contributed by atoms with E-state index in [0.717, 1.165) is 0 Å². The molecule has 20 heavy (non-hydrogen) atoms. The Morgan fingerprint density at radius 2 is 2.25 bits per heavy atom. The van der Waals surface area contributed by atoms with Gasteiger partial charge in [-0.25, -0.2) is 4.39 Å². The van der Waals surface area contributed by atoms with Crippen molar-refractivity contribution in [3.05, 3.63) is 35.7 Å². The van der Waals surface area contributed by atoms with Crippen LogP contribution in [0.3, 0.4) is 0 Å². The Morgan fingerprint density at radius 3 is 2.90 bits per heavy atom. The SMILES string of the molecule is CCc1noc(CNc2cc(NC(C)=O)ccc2F)n1. The van der Waals surface area contributed by atoms with Gasteiger partial charge in [-0.05, 0) is 18.2 Å².